The fourth-order valence-corrected chi connectivity index (χ4v) is 5.10. The third-order valence-electron chi connectivity index (χ3n) is 5.81. The smallest absolute Gasteiger partial charge is 0.0647 e. The van der Waals surface area contributed by atoms with Gasteiger partial charge in [-0.25, -0.2) is 0 Å². The summed E-state index contributed by atoms with van der Waals surface area (Å²) in [6.45, 7) is 10.0. The molecule has 0 bridgehead atoms. The van der Waals surface area contributed by atoms with Gasteiger partial charge in [-0.05, 0) is 38.5 Å². The van der Waals surface area contributed by atoms with Crippen molar-refractivity contribution in [2.24, 2.45) is 11.8 Å². The molecule has 2 saturated heterocycles. The van der Waals surface area contributed by atoms with Crippen LogP contribution in [0.4, 0.5) is 0 Å². The summed E-state index contributed by atoms with van der Waals surface area (Å²) in [4.78, 5) is 0. The first-order valence-corrected chi connectivity index (χ1v) is 12.7. The molecule has 4 nitrogen and oxygen atoms in total. The molecule has 0 radical (unpaired) electrons. The molecular formula is C20H40O4Si. The summed E-state index contributed by atoms with van der Waals surface area (Å²) < 4.78 is 22.9. The highest BCUT2D eigenvalue weighted by atomic mass is 28.2. The van der Waals surface area contributed by atoms with Crippen LogP contribution < -0.4 is 0 Å². The molecule has 148 valence electrons. The molecule has 2 fully saturated rings. The molecule has 5 heteroatoms. The molecule has 0 N–H and O–H groups in total. The number of hydrogen-bond acceptors (Lipinski definition) is 4. The average Bonchev–Trinajstić information content (AvgIpc) is 2.53. The second-order valence-corrected chi connectivity index (χ2v) is 9.77. The Morgan fingerprint density at radius 3 is 1.60 bits per heavy atom. The van der Waals surface area contributed by atoms with Crippen molar-refractivity contribution in [3.05, 3.63) is 0 Å². The minimum atomic E-state index is 0.0791. The van der Waals surface area contributed by atoms with Crippen LogP contribution >= 0.6 is 0 Å². The highest BCUT2D eigenvalue weighted by Gasteiger charge is 2.27. The maximum atomic E-state index is 5.87. The zero-order valence-corrected chi connectivity index (χ0v) is 18.0. The van der Waals surface area contributed by atoms with Crippen LogP contribution in [0.5, 0.6) is 0 Å². The Kier molecular flexibility index (Phi) is 11.3. The number of rotatable bonds is 16. The molecular weight excluding hydrogens is 332 g/mol. The lowest BCUT2D eigenvalue weighted by Gasteiger charge is -2.33. The predicted molar refractivity (Wildman–Crippen MR) is 105 cm³/mol. The summed E-state index contributed by atoms with van der Waals surface area (Å²) in [6, 6.07) is 2.81. The van der Waals surface area contributed by atoms with Gasteiger partial charge >= 0.3 is 0 Å². The molecule has 0 spiro atoms. The van der Waals surface area contributed by atoms with Gasteiger partial charge in [0, 0.05) is 47.8 Å². The lowest BCUT2D eigenvalue weighted by molar-refractivity contribution is -0.103. The first-order chi connectivity index (χ1) is 12.3. The van der Waals surface area contributed by atoms with Crippen LogP contribution in [-0.2, 0) is 18.9 Å². The maximum absolute atomic E-state index is 5.87. The van der Waals surface area contributed by atoms with E-state index in [2.05, 4.69) is 13.8 Å². The van der Waals surface area contributed by atoms with Gasteiger partial charge in [0.1, 0.15) is 0 Å². The topological polar surface area (TPSA) is 36.9 Å². The van der Waals surface area contributed by atoms with Crippen LogP contribution in [0.1, 0.15) is 52.4 Å². The number of hydrogen-bond donors (Lipinski definition) is 0. The monoisotopic (exact) mass is 372 g/mol. The summed E-state index contributed by atoms with van der Waals surface area (Å²) in [5, 5.41) is 0. The molecule has 0 aliphatic carbocycles. The van der Waals surface area contributed by atoms with Crippen molar-refractivity contribution in [1.82, 2.24) is 0 Å². The van der Waals surface area contributed by atoms with Gasteiger partial charge in [0.05, 0.1) is 25.4 Å². The molecule has 0 amide bonds. The van der Waals surface area contributed by atoms with Crippen molar-refractivity contribution in [3.8, 4) is 0 Å². The Morgan fingerprint density at radius 1 is 0.840 bits per heavy atom. The molecule has 0 saturated carbocycles. The summed E-state index contributed by atoms with van der Waals surface area (Å²) in [5.41, 5.74) is 0. The van der Waals surface area contributed by atoms with Crippen molar-refractivity contribution in [1.29, 1.82) is 0 Å². The molecule has 2 aliphatic heterocycles. The van der Waals surface area contributed by atoms with Crippen LogP contribution in [0.25, 0.3) is 0 Å². The molecule has 4 unspecified atom stereocenters. The predicted octanol–water partition coefficient (Wildman–Crippen LogP) is 3.44. The van der Waals surface area contributed by atoms with Gasteiger partial charge < -0.3 is 18.9 Å². The normalized spacial score (nSPS) is 25.7. The molecule has 0 aromatic carbocycles. The van der Waals surface area contributed by atoms with Crippen molar-refractivity contribution in [2.45, 2.75) is 76.7 Å². The highest BCUT2D eigenvalue weighted by Crippen LogP contribution is 2.24. The van der Waals surface area contributed by atoms with Crippen molar-refractivity contribution >= 4 is 9.52 Å². The molecule has 4 atom stereocenters. The zero-order chi connectivity index (χ0) is 17.7. The Labute approximate surface area is 157 Å². The third-order valence-corrected chi connectivity index (χ3v) is 7.81. The second kappa shape index (κ2) is 13.3. The van der Waals surface area contributed by atoms with E-state index in [1.807, 2.05) is 0 Å². The Morgan fingerprint density at radius 2 is 1.28 bits per heavy atom. The first kappa shape index (κ1) is 21.4. The largest absolute Gasteiger partial charge is 0.381 e. The van der Waals surface area contributed by atoms with E-state index >= 15 is 0 Å². The van der Waals surface area contributed by atoms with Crippen LogP contribution in [0.2, 0.25) is 12.1 Å². The van der Waals surface area contributed by atoms with Gasteiger partial charge in [0.2, 0.25) is 0 Å². The van der Waals surface area contributed by atoms with Gasteiger partial charge in [-0.15, -0.1) is 0 Å². The third kappa shape index (κ3) is 8.08. The molecule has 0 aromatic rings. The minimum absolute atomic E-state index is 0.0791. The van der Waals surface area contributed by atoms with Crippen LogP contribution in [-0.4, -0.2) is 61.4 Å². The Hall–Kier alpha value is 0.0569. The van der Waals surface area contributed by atoms with E-state index in [-0.39, 0.29) is 9.52 Å². The number of ether oxygens (including phenoxy) is 4. The van der Waals surface area contributed by atoms with Gasteiger partial charge in [-0.2, -0.15) is 0 Å². The Balaban J connectivity index is 1.31. The van der Waals surface area contributed by atoms with Gasteiger partial charge in [0.15, 0.2) is 0 Å². The van der Waals surface area contributed by atoms with Gasteiger partial charge in [-0.3, -0.25) is 0 Å². The van der Waals surface area contributed by atoms with E-state index in [1.54, 1.807) is 0 Å². The first-order valence-electron chi connectivity index (χ1n) is 10.7. The zero-order valence-electron chi connectivity index (χ0n) is 16.5. The van der Waals surface area contributed by atoms with Gasteiger partial charge in [-0.1, -0.05) is 25.9 Å². The molecule has 0 aromatic heterocycles. The SMILES string of the molecule is CCC(COCCC[SiH2]CCCOCC(CC)C1CCO1)C1CCO1. The van der Waals surface area contributed by atoms with Crippen LogP contribution in [0.3, 0.4) is 0 Å². The molecule has 2 rings (SSSR count). The lowest BCUT2D eigenvalue weighted by atomic mass is 9.95. The Bertz CT molecular complexity index is 291. The van der Waals surface area contributed by atoms with E-state index in [1.165, 1.54) is 50.6 Å². The fourth-order valence-electron chi connectivity index (χ4n) is 3.64. The summed E-state index contributed by atoms with van der Waals surface area (Å²) in [5.74, 6) is 1.22. The average molecular weight is 373 g/mol. The second-order valence-electron chi connectivity index (χ2n) is 7.65. The van der Waals surface area contributed by atoms with E-state index in [4.69, 9.17) is 18.9 Å². The standard InChI is InChI=1S/C20H40O4Si/c1-3-17(19-7-11-23-19)15-21-9-5-13-25-14-6-10-22-16-18(4-2)20-8-12-24-20/h17-20H,3-16,25H2,1-2H3. The molecule has 25 heavy (non-hydrogen) atoms. The van der Waals surface area contributed by atoms with E-state index in [0.717, 1.165) is 39.6 Å². The highest BCUT2D eigenvalue weighted by molar-refractivity contribution is 6.35. The minimum Gasteiger partial charge on any atom is -0.381 e. The summed E-state index contributed by atoms with van der Waals surface area (Å²) in [7, 11) is 0.0791. The van der Waals surface area contributed by atoms with Crippen LogP contribution in [0.15, 0.2) is 0 Å². The van der Waals surface area contributed by atoms with E-state index < -0.39 is 0 Å². The lowest BCUT2D eigenvalue weighted by Crippen LogP contribution is -2.36. The molecule has 2 heterocycles. The van der Waals surface area contributed by atoms with Gasteiger partial charge in [0.25, 0.3) is 0 Å². The quantitative estimate of drug-likeness (QED) is 0.307. The van der Waals surface area contributed by atoms with Crippen molar-refractivity contribution in [2.75, 3.05) is 39.6 Å². The van der Waals surface area contributed by atoms with Crippen molar-refractivity contribution in [3.63, 3.8) is 0 Å². The summed E-state index contributed by atoms with van der Waals surface area (Å²) in [6.07, 6.45) is 8.23. The van der Waals surface area contributed by atoms with Crippen LogP contribution in [0, 0.1) is 11.8 Å². The van der Waals surface area contributed by atoms with Crippen molar-refractivity contribution < 1.29 is 18.9 Å². The van der Waals surface area contributed by atoms with E-state index in [9.17, 15) is 0 Å². The molecule has 2 aliphatic rings. The summed E-state index contributed by atoms with van der Waals surface area (Å²) >= 11 is 0. The fraction of sp³-hybridized carbons (Fsp3) is 1.00. The van der Waals surface area contributed by atoms with E-state index in [0.29, 0.717) is 24.0 Å². The maximum Gasteiger partial charge on any atom is 0.0647 e.